The number of hydrogen-bond donors (Lipinski definition) is 0. The van der Waals surface area contributed by atoms with Gasteiger partial charge in [-0.05, 0) is 24.3 Å². The van der Waals surface area contributed by atoms with Crippen LogP contribution in [0.5, 0.6) is 0 Å². The van der Waals surface area contributed by atoms with Crippen molar-refractivity contribution in [1.29, 1.82) is 0 Å². The molecular weight excluding hydrogens is 420 g/mol. The predicted octanol–water partition coefficient (Wildman–Crippen LogP) is 1.27. The lowest BCUT2D eigenvalue weighted by Gasteiger charge is -2.33. The van der Waals surface area contributed by atoms with Gasteiger partial charge in [0, 0.05) is 61.5 Å². The van der Waals surface area contributed by atoms with Crippen LogP contribution < -0.4 is 0 Å². The average molecular weight is 442 g/mol. The Balaban J connectivity index is 1.84. The fraction of sp³-hybridized carbons (Fsp3) is 0.364. The van der Waals surface area contributed by atoms with Gasteiger partial charge in [-0.2, -0.15) is 0 Å². The van der Waals surface area contributed by atoms with Crippen LogP contribution in [0, 0.1) is 0 Å². The van der Waals surface area contributed by atoms with Crippen molar-refractivity contribution in [2.24, 2.45) is 0 Å². The van der Waals surface area contributed by atoms with E-state index >= 15 is 0 Å². The second-order valence-corrected chi connectivity index (χ2v) is 7.32. The zero-order valence-electron chi connectivity index (χ0n) is 18.0. The Kier molecular flexibility index (Phi) is 5.78. The minimum Gasteiger partial charge on any atom is -0.354 e. The SMILES string of the molecule is COC(CN1C(=O)c2ccc3c4c(ccc(c24)C1=O)C(=O)N(CC(OC)OC)C3=O)OC. The van der Waals surface area contributed by atoms with Crippen LogP contribution in [-0.2, 0) is 18.9 Å². The van der Waals surface area contributed by atoms with E-state index in [1.54, 1.807) is 0 Å². The van der Waals surface area contributed by atoms with Crippen molar-refractivity contribution in [3.05, 3.63) is 46.5 Å². The van der Waals surface area contributed by atoms with E-state index in [-0.39, 0.29) is 35.3 Å². The molecule has 32 heavy (non-hydrogen) atoms. The van der Waals surface area contributed by atoms with Crippen LogP contribution >= 0.6 is 0 Å². The summed E-state index contributed by atoms with van der Waals surface area (Å²) in [6.45, 7) is -0.202. The van der Waals surface area contributed by atoms with Crippen LogP contribution in [0.3, 0.4) is 0 Å². The molecule has 0 aliphatic carbocycles. The molecule has 4 rings (SSSR count). The zero-order valence-corrected chi connectivity index (χ0v) is 18.0. The summed E-state index contributed by atoms with van der Waals surface area (Å²) in [5.41, 5.74) is 0.914. The number of carbonyl (C=O) groups is 4. The van der Waals surface area contributed by atoms with E-state index in [4.69, 9.17) is 18.9 Å². The maximum absolute atomic E-state index is 13.1. The highest BCUT2D eigenvalue weighted by Gasteiger charge is 2.40. The summed E-state index contributed by atoms with van der Waals surface area (Å²) >= 11 is 0. The highest BCUT2D eigenvalue weighted by atomic mass is 16.7. The third-order valence-electron chi connectivity index (χ3n) is 5.78. The Labute approximate surface area is 183 Å². The average Bonchev–Trinajstić information content (AvgIpc) is 2.81. The highest BCUT2D eigenvalue weighted by molar-refractivity contribution is 6.33. The summed E-state index contributed by atoms with van der Waals surface area (Å²) in [5, 5.41) is 0.600. The van der Waals surface area contributed by atoms with E-state index in [2.05, 4.69) is 0 Å². The molecule has 0 spiro atoms. The number of rotatable bonds is 8. The fourth-order valence-corrected chi connectivity index (χ4v) is 4.09. The second kappa shape index (κ2) is 8.40. The summed E-state index contributed by atoms with van der Waals surface area (Å²) < 4.78 is 20.5. The van der Waals surface area contributed by atoms with Crippen molar-refractivity contribution in [3.8, 4) is 0 Å². The topological polar surface area (TPSA) is 112 Å². The summed E-state index contributed by atoms with van der Waals surface area (Å²) in [6, 6.07) is 5.99. The number of nitrogens with zero attached hydrogens (tertiary/aromatic N) is 2. The molecule has 2 aromatic carbocycles. The van der Waals surface area contributed by atoms with E-state index in [1.165, 1.54) is 52.7 Å². The molecule has 2 aromatic rings. The zero-order chi connectivity index (χ0) is 23.2. The van der Waals surface area contributed by atoms with Gasteiger partial charge in [0.05, 0.1) is 13.1 Å². The second-order valence-electron chi connectivity index (χ2n) is 7.32. The molecule has 168 valence electrons. The Hall–Kier alpha value is -3.18. The molecule has 0 radical (unpaired) electrons. The summed E-state index contributed by atoms with van der Waals surface area (Å²) in [6.07, 6.45) is -1.58. The Morgan fingerprint density at radius 1 is 0.562 bits per heavy atom. The van der Waals surface area contributed by atoms with E-state index < -0.39 is 36.2 Å². The molecule has 0 saturated heterocycles. The molecule has 0 fully saturated rings. The predicted molar refractivity (Wildman–Crippen MR) is 110 cm³/mol. The van der Waals surface area contributed by atoms with Crippen molar-refractivity contribution in [2.45, 2.75) is 12.6 Å². The number of carbonyl (C=O) groups excluding carboxylic acids is 4. The van der Waals surface area contributed by atoms with E-state index in [0.717, 1.165) is 9.80 Å². The van der Waals surface area contributed by atoms with Crippen molar-refractivity contribution < 1.29 is 38.1 Å². The van der Waals surface area contributed by atoms with Crippen LogP contribution in [-0.4, -0.2) is 87.5 Å². The molecule has 10 heteroatoms. The number of hydrogen-bond acceptors (Lipinski definition) is 8. The number of benzene rings is 2. The molecule has 2 aliphatic heterocycles. The first-order chi connectivity index (χ1) is 15.4. The van der Waals surface area contributed by atoms with Crippen molar-refractivity contribution in [2.75, 3.05) is 41.5 Å². The van der Waals surface area contributed by atoms with Gasteiger partial charge in [0.25, 0.3) is 23.6 Å². The largest absolute Gasteiger partial charge is 0.354 e. The molecule has 4 amide bonds. The lowest BCUT2D eigenvalue weighted by molar-refractivity contribution is -0.108. The Morgan fingerprint density at radius 3 is 1.03 bits per heavy atom. The van der Waals surface area contributed by atoms with Crippen LogP contribution in [0.25, 0.3) is 10.8 Å². The van der Waals surface area contributed by atoms with Gasteiger partial charge in [0.1, 0.15) is 0 Å². The Morgan fingerprint density at radius 2 is 0.812 bits per heavy atom. The molecule has 2 aliphatic rings. The van der Waals surface area contributed by atoms with Crippen molar-refractivity contribution >= 4 is 34.4 Å². The van der Waals surface area contributed by atoms with Gasteiger partial charge in [-0.25, -0.2) is 0 Å². The van der Waals surface area contributed by atoms with Gasteiger partial charge in [0.2, 0.25) is 0 Å². The van der Waals surface area contributed by atoms with Crippen LogP contribution in [0.15, 0.2) is 24.3 Å². The lowest BCUT2D eigenvalue weighted by atomic mass is 9.86. The molecule has 0 atom stereocenters. The van der Waals surface area contributed by atoms with Crippen molar-refractivity contribution in [1.82, 2.24) is 9.80 Å². The number of methoxy groups -OCH3 is 4. The maximum atomic E-state index is 13.1. The first-order valence-corrected chi connectivity index (χ1v) is 9.81. The molecule has 10 nitrogen and oxygen atoms in total. The van der Waals surface area contributed by atoms with Crippen LogP contribution in [0.2, 0.25) is 0 Å². The standard InChI is InChI=1S/C22H22N2O8/c1-29-15(30-2)9-23-19(25)11-5-7-13-18-14(8-6-12(17(11)18)20(23)26)22(28)24(21(13)27)10-16(31-3)32-4/h5-8,15-16H,9-10H2,1-4H3. The monoisotopic (exact) mass is 442 g/mol. The molecule has 0 saturated carbocycles. The van der Waals surface area contributed by atoms with Gasteiger partial charge < -0.3 is 18.9 Å². The summed E-state index contributed by atoms with van der Waals surface area (Å²) in [4.78, 5) is 54.6. The van der Waals surface area contributed by atoms with Crippen molar-refractivity contribution in [3.63, 3.8) is 0 Å². The fourth-order valence-electron chi connectivity index (χ4n) is 4.09. The van der Waals surface area contributed by atoms with Gasteiger partial charge in [-0.3, -0.25) is 29.0 Å². The van der Waals surface area contributed by atoms with Gasteiger partial charge in [-0.1, -0.05) is 0 Å². The first-order valence-electron chi connectivity index (χ1n) is 9.81. The summed E-state index contributed by atoms with van der Waals surface area (Å²) in [7, 11) is 5.64. The molecule has 2 heterocycles. The normalized spacial score (nSPS) is 15.7. The minimum atomic E-state index is -0.788. The van der Waals surface area contributed by atoms with E-state index in [0.29, 0.717) is 10.8 Å². The molecule has 0 aromatic heterocycles. The van der Waals surface area contributed by atoms with Gasteiger partial charge >= 0.3 is 0 Å². The third kappa shape index (κ3) is 3.19. The maximum Gasteiger partial charge on any atom is 0.261 e. The van der Waals surface area contributed by atoms with Gasteiger partial charge in [0.15, 0.2) is 12.6 Å². The van der Waals surface area contributed by atoms with Crippen LogP contribution in [0.4, 0.5) is 0 Å². The molecule has 0 unspecified atom stereocenters. The van der Waals surface area contributed by atoms with E-state index in [1.807, 2.05) is 0 Å². The molecule has 0 bridgehead atoms. The molecular formula is C22H22N2O8. The highest BCUT2D eigenvalue weighted by Crippen LogP contribution is 2.38. The van der Waals surface area contributed by atoms with E-state index in [9.17, 15) is 19.2 Å². The number of amides is 4. The minimum absolute atomic E-state index is 0.101. The lowest BCUT2D eigenvalue weighted by Crippen LogP contribution is -2.47. The van der Waals surface area contributed by atoms with Crippen LogP contribution in [0.1, 0.15) is 41.4 Å². The third-order valence-corrected chi connectivity index (χ3v) is 5.78. The first kappa shape index (κ1) is 22.0. The number of ether oxygens (including phenoxy) is 4. The smallest absolute Gasteiger partial charge is 0.261 e. The quantitative estimate of drug-likeness (QED) is 0.444. The Bertz CT molecular complexity index is 977. The molecule has 0 N–H and O–H groups in total. The van der Waals surface area contributed by atoms with Gasteiger partial charge in [-0.15, -0.1) is 0 Å². The number of imide groups is 2. The summed E-state index contributed by atoms with van der Waals surface area (Å²) in [5.74, 6) is -2.20.